The minimum Gasteiger partial charge on any atom is -0.378 e. The van der Waals surface area contributed by atoms with E-state index in [0.29, 0.717) is 17.4 Å². The molecule has 138 valence electrons. The van der Waals surface area contributed by atoms with E-state index in [1.54, 1.807) is 12.1 Å². The first-order chi connectivity index (χ1) is 12.5. The Bertz CT molecular complexity index is 776. The summed E-state index contributed by atoms with van der Waals surface area (Å²) in [4.78, 5) is 21.4. The van der Waals surface area contributed by atoms with Gasteiger partial charge in [-0.25, -0.2) is 0 Å². The van der Waals surface area contributed by atoms with E-state index in [4.69, 9.17) is 17.3 Å². The summed E-state index contributed by atoms with van der Waals surface area (Å²) in [7, 11) is 0. The van der Waals surface area contributed by atoms with Crippen LogP contribution >= 0.6 is 11.6 Å². The van der Waals surface area contributed by atoms with Crippen molar-refractivity contribution in [3.8, 4) is 0 Å². The molecule has 26 heavy (non-hydrogen) atoms. The predicted molar refractivity (Wildman–Crippen MR) is 103 cm³/mol. The van der Waals surface area contributed by atoms with E-state index in [-0.39, 0.29) is 17.5 Å². The number of hydrogen-bond donors (Lipinski definition) is 2. The van der Waals surface area contributed by atoms with E-state index in [0.717, 1.165) is 44.3 Å². The zero-order valence-electron chi connectivity index (χ0n) is 14.3. The number of benzene rings is 1. The molecular weight excluding hydrogens is 356 g/mol. The number of anilines is 3. The Labute approximate surface area is 156 Å². The Morgan fingerprint density at radius 2 is 1.81 bits per heavy atom. The zero-order valence-corrected chi connectivity index (χ0v) is 15.1. The van der Waals surface area contributed by atoms with Gasteiger partial charge in [0.2, 0.25) is 17.6 Å². The molecule has 1 aliphatic rings. The van der Waals surface area contributed by atoms with Crippen LogP contribution in [0.4, 0.5) is 23.3 Å². The van der Waals surface area contributed by atoms with E-state index in [1.807, 2.05) is 17.0 Å². The van der Waals surface area contributed by atoms with Gasteiger partial charge in [-0.2, -0.15) is 9.97 Å². The van der Waals surface area contributed by atoms with Gasteiger partial charge in [0.1, 0.15) is 0 Å². The molecule has 8 nitrogen and oxygen atoms in total. The summed E-state index contributed by atoms with van der Waals surface area (Å²) < 4.78 is 0. The van der Waals surface area contributed by atoms with Gasteiger partial charge in [0.25, 0.3) is 0 Å². The lowest BCUT2D eigenvalue weighted by atomic mass is 10.2. The van der Waals surface area contributed by atoms with Crippen molar-refractivity contribution in [1.82, 2.24) is 9.97 Å². The molecule has 1 aromatic heterocycles. The number of halogens is 1. The fraction of sp³-hybridized carbons (Fsp3) is 0.412. The number of nitrogen functional groups attached to an aromatic ring is 1. The fourth-order valence-corrected chi connectivity index (χ4v) is 3.13. The Morgan fingerprint density at radius 3 is 2.42 bits per heavy atom. The molecule has 0 unspecified atom stereocenters. The normalized spacial score (nSPS) is 14.7. The smallest absolute Gasteiger partial charge is 0.353 e. The standard InChI is InChI=1S/C17H21ClN6O2/c18-13-7-5-12(6-8-13)11-20-17-21-15(19)14(24(25)26)16(22-17)23-9-3-1-2-4-10-23/h5-8H,1-4,9-11H2,(H3,19,20,21,22). The Kier molecular flexibility index (Phi) is 5.72. The van der Waals surface area contributed by atoms with Gasteiger partial charge in [0.05, 0.1) is 4.92 Å². The van der Waals surface area contributed by atoms with Crippen LogP contribution in [0.5, 0.6) is 0 Å². The highest BCUT2D eigenvalue weighted by atomic mass is 35.5. The highest BCUT2D eigenvalue weighted by Gasteiger charge is 2.27. The van der Waals surface area contributed by atoms with E-state index >= 15 is 0 Å². The Hall–Kier alpha value is -2.61. The lowest BCUT2D eigenvalue weighted by Crippen LogP contribution is -2.27. The first-order valence-corrected chi connectivity index (χ1v) is 8.97. The molecule has 0 atom stereocenters. The summed E-state index contributed by atoms with van der Waals surface area (Å²) in [6.45, 7) is 1.93. The third-order valence-electron chi connectivity index (χ3n) is 4.34. The molecule has 2 aromatic rings. The first kappa shape index (κ1) is 18.2. The highest BCUT2D eigenvalue weighted by Crippen LogP contribution is 2.33. The first-order valence-electron chi connectivity index (χ1n) is 8.60. The molecular formula is C17H21ClN6O2. The summed E-state index contributed by atoms with van der Waals surface area (Å²) in [6.07, 6.45) is 4.20. The maximum Gasteiger partial charge on any atom is 0.353 e. The Balaban J connectivity index is 1.86. The molecule has 0 radical (unpaired) electrons. The highest BCUT2D eigenvalue weighted by molar-refractivity contribution is 6.30. The molecule has 1 saturated heterocycles. The number of aromatic nitrogens is 2. The second kappa shape index (κ2) is 8.18. The zero-order chi connectivity index (χ0) is 18.5. The van der Waals surface area contributed by atoms with Crippen molar-refractivity contribution in [3.63, 3.8) is 0 Å². The summed E-state index contributed by atoms with van der Waals surface area (Å²) in [5.74, 6) is 0.452. The molecule has 3 rings (SSSR count). The lowest BCUT2D eigenvalue weighted by Gasteiger charge is -2.22. The topological polar surface area (TPSA) is 110 Å². The SMILES string of the molecule is Nc1nc(NCc2ccc(Cl)cc2)nc(N2CCCCCC2)c1[N+](=O)[O-]. The minimum absolute atomic E-state index is 0.122. The van der Waals surface area contributed by atoms with E-state index in [1.165, 1.54) is 0 Å². The minimum atomic E-state index is -0.501. The maximum atomic E-state index is 11.5. The number of rotatable bonds is 5. The summed E-state index contributed by atoms with van der Waals surface area (Å²) in [6, 6.07) is 7.37. The number of nitrogens with one attached hydrogen (secondary N) is 1. The van der Waals surface area contributed by atoms with Crippen LogP contribution in [0.3, 0.4) is 0 Å². The monoisotopic (exact) mass is 376 g/mol. The number of nitrogens with two attached hydrogens (primary N) is 1. The summed E-state index contributed by atoms with van der Waals surface area (Å²) >= 11 is 5.89. The van der Waals surface area contributed by atoms with Crippen molar-refractivity contribution in [3.05, 3.63) is 45.0 Å². The Morgan fingerprint density at radius 1 is 1.15 bits per heavy atom. The van der Waals surface area contributed by atoms with Crippen LogP contribution in [0.25, 0.3) is 0 Å². The van der Waals surface area contributed by atoms with Gasteiger partial charge in [0, 0.05) is 24.7 Å². The summed E-state index contributed by atoms with van der Waals surface area (Å²) in [5, 5.41) is 15.2. The summed E-state index contributed by atoms with van der Waals surface area (Å²) in [5.41, 5.74) is 6.65. The average Bonchev–Trinajstić information content (AvgIpc) is 2.89. The van der Waals surface area contributed by atoms with Gasteiger partial charge in [-0.1, -0.05) is 36.6 Å². The van der Waals surface area contributed by atoms with Crippen LogP contribution in [-0.2, 0) is 6.54 Å². The molecule has 1 fully saturated rings. The maximum absolute atomic E-state index is 11.5. The van der Waals surface area contributed by atoms with Crippen molar-refractivity contribution < 1.29 is 4.92 Å². The predicted octanol–water partition coefficient (Wildman–Crippen LogP) is 3.61. The molecule has 0 bridgehead atoms. The molecule has 0 saturated carbocycles. The van der Waals surface area contributed by atoms with Crippen LogP contribution in [0.1, 0.15) is 31.2 Å². The molecule has 1 aliphatic heterocycles. The molecule has 3 N–H and O–H groups in total. The third-order valence-corrected chi connectivity index (χ3v) is 4.60. The largest absolute Gasteiger partial charge is 0.378 e. The molecule has 2 heterocycles. The number of hydrogen-bond acceptors (Lipinski definition) is 7. The average molecular weight is 377 g/mol. The van der Waals surface area contributed by atoms with Gasteiger partial charge in [0.15, 0.2) is 0 Å². The third kappa shape index (κ3) is 4.32. The van der Waals surface area contributed by atoms with Gasteiger partial charge in [-0.05, 0) is 30.5 Å². The second-order valence-corrected chi connectivity index (χ2v) is 6.68. The van der Waals surface area contributed by atoms with Crippen LogP contribution in [0.15, 0.2) is 24.3 Å². The molecule has 1 aromatic carbocycles. The van der Waals surface area contributed by atoms with Gasteiger partial charge < -0.3 is 16.0 Å². The quantitative estimate of drug-likeness (QED) is 0.605. The van der Waals surface area contributed by atoms with Gasteiger partial charge in [-0.3, -0.25) is 10.1 Å². The second-order valence-electron chi connectivity index (χ2n) is 6.24. The van der Waals surface area contributed by atoms with Crippen molar-refractivity contribution in [2.24, 2.45) is 0 Å². The van der Waals surface area contributed by atoms with Crippen molar-refractivity contribution >= 4 is 34.9 Å². The van der Waals surface area contributed by atoms with Crippen LogP contribution in [0.2, 0.25) is 5.02 Å². The number of nitro groups is 1. The fourth-order valence-electron chi connectivity index (χ4n) is 3.00. The molecule has 0 amide bonds. The van der Waals surface area contributed by atoms with E-state index in [2.05, 4.69) is 15.3 Å². The van der Waals surface area contributed by atoms with E-state index in [9.17, 15) is 10.1 Å². The van der Waals surface area contributed by atoms with Gasteiger partial charge in [-0.15, -0.1) is 0 Å². The molecule has 0 aliphatic carbocycles. The van der Waals surface area contributed by atoms with Crippen LogP contribution in [-0.4, -0.2) is 28.0 Å². The van der Waals surface area contributed by atoms with E-state index < -0.39 is 4.92 Å². The number of nitrogens with zero attached hydrogens (tertiary/aromatic N) is 4. The van der Waals surface area contributed by atoms with Crippen molar-refractivity contribution in [1.29, 1.82) is 0 Å². The van der Waals surface area contributed by atoms with Crippen LogP contribution < -0.4 is 16.0 Å². The van der Waals surface area contributed by atoms with Crippen molar-refractivity contribution in [2.45, 2.75) is 32.2 Å². The molecule has 9 heteroatoms. The lowest BCUT2D eigenvalue weighted by molar-refractivity contribution is -0.383. The van der Waals surface area contributed by atoms with Crippen molar-refractivity contribution in [2.75, 3.05) is 29.0 Å². The molecule has 0 spiro atoms. The van der Waals surface area contributed by atoms with Crippen LogP contribution in [0, 0.1) is 10.1 Å². The van der Waals surface area contributed by atoms with Gasteiger partial charge >= 0.3 is 5.69 Å².